The van der Waals surface area contributed by atoms with Gasteiger partial charge >= 0.3 is 12.0 Å². The summed E-state index contributed by atoms with van der Waals surface area (Å²) < 4.78 is 15.9. The normalized spacial score (nSPS) is 13.6. The summed E-state index contributed by atoms with van der Waals surface area (Å²) >= 11 is 0. The van der Waals surface area contributed by atoms with E-state index in [4.69, 9.17) is 14.2 Å². The summed E-state index contributed by atoms with van der Waals surface area (Å²) in [4.78, 5) is 35.9. The molecule has 3 amide bonds. The van der Waals surface area contributed by atoms with E-state index in [0.29, 0.717) is 31.3 Å². The highest BCUT2D eigenvalue weighted by atomic mass is 16.5. The van der Waals surface area contributed by atoms with Crippen molar-refractivity contribution in [1.29, 1.82) is 0 Å². The molecule has 1 aliphatic heterocycles. The van der Waals surface area contributed by atoms with E-state index in [0.717, 1.165) is 10.5 Å². The predicted octanol–water partition coefficient (Wildman–Crippen LogP) is 1.59. The number of hydrogen-bond donors (Lipinski definition) is 1. The van der Waals surface area contributed by atoms with E-state index in [9.17, 15) is 14.4 Å². The van der Waals surface area contributed by atoms with Crippen LogP contribution >= 0.6 is 0 Å². The lowest BCUT2D eigenvalue weighted by Crippen LogP contribution is -2.37. The van der Waals surface area contributed by atoms with Crippen molar-refractivity contribution >= 4 is 24.0 Å². The van der Waals surface area contributed by atoms with Crippen LogP contribution in [0.25, 0.3) is 6.08 Å². The third-order valence-electron chi connectivity index (χ3n) is 3.48. The van der Waals surface area contributed by atoms with Gasteiger partial charge in [0.05, 0.1) is 13.2 Å². The number of urea groups is 1. The first kappa shape index (κ1) is 19.3. The number of nitrogens with one attached hydrogen (secondary N) is 1. The van der Waals surface area contributed by atoms with Crippen LogP contribution in [0.15, 0.2) is 24.3 Å². The Labute approximate surface area is 151 Å². The average molecular weight is 362 g/mol. The van der Waals surface area contributed by atoms with E-state index in [2.05, 4.69) is 5.32 Å². The third-order valence-corrected chi connectivity index (χ3v) is 3.48. The zero-order valence-corrected chi connectivity index (χ0v) is 14.8. The summed E-state index contributed by atoms with van der Waals surface area (Å²) in [6, 6.07) is 4.81. The van der Waals surface area contributed by atoms with Crippen molar-refractivity contribution in [3.63, 3.8) is 0 Å². The van der Waals surface area contributed by atoms with Gasteiger partial charge < -0.3 is 19.5 Å². The highest BCUT2D eigenvalue weighted by Gasteiger charge is 2.26. The van der Waals surface area contributed by atoms with Gasteiger partial charge in [0.15, 0.2) is 18.1 Å². The van der Waals surface area contributed by atoms with Gasteiger partial charge in [-0.3, -0.25) is 9.69 Å². The molecule has 0 aliphatic carbocycles. The van der Waals surface area contributed by atoms with Gasteiger partial charge in [0.1, 0.15) is 0 Å². The monoisotopic (exact) mass is 362 g/mol. The lowest BCUT2D eigenvalue weighted by Gasteiger charge is -2.11. The Morgan fingerprint density at radius 1 is 1.19 bits per heavy atom. The smallest absolute Gasteiger partial charge is 0.331 e. The molecular weight excluding hydrogens is 340 g/mol. The Balaban J connectivity index is 1.91. The molecule has 0 bridgehead atoms. The molecule has 0 unspecified atom stereocenters. The highest BCUT2D eigenvalue weighted by Crippen LogP contribution is 2.29. The molecule has 1 aliphatic rings. The zero-order chi connectivity index (χ0) is 18.9. The minimum absolute atomic E-state index is 0.275. The van der Waals surface area contributed by atoms with Crippen LogP contribution in [0.2, 0.25) is 0 Å². The minimum Gasteiger partial charge on any atom is -0.490 e. The van der Waals surface area contributed by atoms with Crippen LogP contribution in [-0.2, 0) is 14.3 Å². The van der Waals surface area contributed by atoms with Crippen LogP contribution < -0.4 is 14.8 Å². The molecule has 8 nitrogen and oxygen atoms in total. The van der Waals surface area contributed by atoms with E-state index in [1.54, 1.807) is 24.3 Å². The molecular formula is C18H22N2O6. The van der Waals surface area contributed by atoms with Gasteiger partial charge in [-0.05, 0) is 37.6 Å². The maximum absolute atomic E-state index is 11.8. The summed E-state index contributed by atoms with van der Waals surface area (Å²) in [5.74, 6) is -0.0186. The van der Waals surface area contributed by atoms with Crippen LogP contribution in [0.5, 0.6) is 11.5 Å². The average Bonchev–Trinajstić information content (AvgIpc) is 3.06. The van der Waals surface area contributed by atoms with Crippen LogP contribution in [-0.4, -0.2) is 55.7 Å². The fourth-order valence-corrected chi connectivity index (χ4v) is 2.30. The van der Waals surface area contributed by atoms with Crippen molar-refractivity contribution < 1.29 is 28.6 Å². The van der Waals surface area contributed by atoms with E-state index in [-0.39, 0.29) is 6.54 Å². The molecule has 0 radical (unpaired) electrons. The van der Waals surface area contributed by atoms with Crippen LogP contribution in [0.1, 0.15) is 19.4 Å². The predicted molar refractivity (Wildman–Crippen MR) is 93.9 cm³/mol. The number of benzene rings is 1. The van der Waals surface area contributed by atoms with Crippen molar-refractivity contribution in [3.8, 4) is 11.5 Å². The van der Waals surface area contributed by atoms with Crippen molar-refractivity contribution in [2.45, 2.75) is 13.8 Å². The third kappa shape index (κ3) is 5.23. The molecule has 1 saturated heterocycles. The molecule has 1 aromatic carbocycles. The lowest BCUT2D eigenvalue weighted by atomic mass is 10.2. The quantitative estimate of drug-likeness (QED) is 0.558. The number of nitrogens with zero attached hydrogens (tertiary/aromatic N) is 1. The van der Waals surface area contributed by atoms with Gasteiger partial charge in [-0.1, -0.05) is 6.07 Å². The van der Waals surface area contributed by atoms with Crippen molar-refractivity contribution in [1.82, 2.24) is 10.2 Å². The fourth-order valence-electron chi connectivity index (χ4n) is 2.30. The summed E-state index contributed by atoms with van der Waals surface area (Å²) in [5.41, 5.74) is 0.721. The Bertz CT molecular complexity index is 701. The molecule has 0 atom stereocenters. The Kier molecular flexibility index (Phi) is 7.02. The zero-order valence-electron chi connectivity index (χ0n) is 14.8. The number of amides is 3. The molecule has 0 spiro atoms. The van der Waals surface area contributed by atoms with Gasteiger partial charge in [0.2, 0.25) is 0 Å². The molecule has 140 valence electrons. The Hall–Kier alpha value is -3.03. The molecule has 26 heavy (non-hydrogen) atoms. The fraction of sp³-hybridized carbons (Fsp3) is 0.389. The van der Waals surface area contributed by atoms with Gasteiger partial charge in [0.25, 0.3) is 5.91 Å². The second kappa shape index (κ2) is 9.45. The van der Waals surface area contributed by atoms with Crippen molar-refractivity contribution in [3.05, 3.63) is 29.8 Å². The first-order valence-electron chi connectivity index (χ1n) is 8.37. The largest absolute Gasteiger partial charge is 0.490 e. The molecule has 1 heterocycles. The first-order valence-corrected chi connectivity index (χ1v) is 8.37. The van der Waals surface area contributed by atoms with Crippen molar-refractivity contribution in [2.24, 2.45) is 0 Å². The number of carbonyl (C=O) groups is 3. The van der Waals surface area contributed by atoms with Crippen LogP contribution in [0, 0.1) is 0 Å². The maximum Gasteiger partial charge on any atom is 0.331 e. The van der Waals surface area contributed by atoms with Gasteiger partial charge in [-0.2, -0.15) is 0 Å². The Morgan fingerprint density at radius 2 is 1.92 bits per heavy atom. The van der Waals surface area contributed by atoms with Gasteiger partial charge in [-0.15, -0.1) is 0 Å². The second-order valence-corrected chi connectivity index (χ2v) is 5.29. The van der Waals surface area contributed by atoms with Gasteiger partial charge in [0, 0.05) is 19.2 Å². The van der Waals surface area contributed by atoms with Crippen molar-refractivity contribution in [2.75, 3.05) is 32.9 Å². The SMILES string of the molecule is CCOc1ccc(/C=C/C(=O)OCC(=O)N2CCNC2=O)cc1OCC. The second-order valence-electron chi connectivity index (χ2n) is 5.29. The molecule has 1 fully saturated rings. The number of rotatable bonds is 8. The molecule has 1 aromatic rings. The van der Waals surface area contributed by atoms with E-state index < -0.39 is 24.5 Å². The molecule has 8 heteroatoms. The van der Waals surface area contributed by atoms with E-state index in [1.165, 1.54) is 6.08 Å². The standard InChI is InChI=1S/C18H22N2O6/c1-3-24-14-7-5-13(11-15(14)25-4-2)6-8-17(22)26-12-16(21)20-10-9-19-18(20)23/h5-8,11H,3-4,9-10,12H2,1-2H3,(H,19,23)/b8-6+. The summed E-state index contributed by atoms with van der Waals surface area (Å²) in [6.45, 7) is 4.95. The number of imide groups is 1. The lowest BCUT2D eigenvalue weighted by molar-refractivity contribution is -0.146. The number of ether oxygens (including phenoxy) is 3. The number of carbonyl (C=O) groups excluding carboxylic acids is 3. The summed E-state index contributed by atoms with van der Waals surface area (Å²) in [5, 5.41) is 2.50. The van der Waals surface area contributed by atoms with Gasteiger partial charge in [-0.25, -0.2) is 9.59 Å². The summed E-state index contributed by atoms with van der Waals surface area (Å²) in [7, 11) is 0. The first-order chi connectivity index (χ1) is 12.5. The molecule has 2 rings (SSSR count). The highest BCUT2D eigenvalue weighted by molar-refractivity contribution is 5.97. The molecule has 0 aromatic heterocycles. The topological polar surface area (TPSA) is 94.2 Å². The van der Waals surface area contributed by atoms with Crippen LogP contribution in [0.3, 0.4) is 0 Å². The molecule has 1 N–H and O–H groups in total. The van der Waals surface area contributed by atoms with E-state index in [1.807, 2.05) is 13.8 Å². The summed E-state index contributed by atoms with van der Waals surface area (Å²) in [6.07, 6.45) is 2.76. The van der Waals surface area contributed by atoms with Crippen LogP contribution in [0.4, 0.5) is 4.79 Å². The minimum atomic E-state index is -0.676. The molecule has 0 saturated carbocycles. The van der Waals surface area contributed by atoms with E-state index >= 15 is 0 Å². The maximum atomic E-state index is 11.8. The Morgan fingerprint density at radius 3 is 2.58 bits per heavy atom. The number of hydrogen-bond acceptors (Lipinski definition) is 6. The number of esters is 1.